The number of carbonyl (C=O) groups is 3. The van der Waals surface area contributed by atoms with Crippen molar-refractivity contribution in [3.8, 4) is 11.5 Å². The minimum absolute atomic E-state index is 0.0405. The Morgan fingerprint density at radius 1 is 1.35 bits per heavy atom. The number of phenols is 2. The zero-order valence-electron chi connectivity index (χ0n) is 11.5. The number of phenolic OH excluding ortho intramolecular Hbond substituents is 2. The van der Waals surface area contributed by atoms with Crippen molar-refractivity contribution in [2.24, 2.45) is 0 Å². The number of ether oxygens (including phenoxy) is 1. The first kappa shape index (κ1) is 17.8. The highest BCUT2D eigenvalue weighted by Gasteiger charge is 2.36. The van der Waals surface area contributed by atoms with Crippen LogP contribution in [-0.2, 0) is 14.3 Å². The number of aromatic hydroxyl groups is 2. The van der Waals surface area contributed by atoms with Crippen molar-refractivity contribution in [1.29, 1.82) is 0 Å². The van der Waals surface area contributed by atoms with Crippen LogP contribution >= 0.6 is 43.6 Å². The van der Waals surface area contributed by atoms with Crippen molar-refractivity contribution in [3.05, 3.63) is 25.5 Å². The molecule has 0 unspecified atom stereocenters. The minimum Gasteiger partial charge on any atom is -0.506 e. The summed E-state index contributed by atoms with van der Waals surface area (Å²) in [7, 11) is 1.15. The number of hydrogen-bond donors (Lipinski definition) is 2. The van der Waals surface area contributed by atoms with E-state index in [4.69, 9.17) is 0 Å². The molecule has 7 nitrogen and oxygen atoms in total. The summed E-state index contributed by atoms with van der Waals surface area (Å²) >= 11 is 6.77. The van der Waals surface area contributed by atoms with Gasteiger partial charge in [0.1, 0.15) is 22.5 Å². The number of carbonyl (C=O) groups excluding carboxylic acids is 3. The second kappa shape index (κ2) is 6.93. The van der Waals surface area contributed by atoms with Gasteiger partial charge in [-0.1, -0.05) is 0 Å². The zero-order valence-corrected chi connectivity index (χ0v) is 15.5. The Morgan fingerprint density at radius 3 is 2.61 bits per heavy atom. The van der Waals surface area contributed by atoms with Crippen LogP contribution < -0.4 is 0 Å². The lowest BCUT2D eigenvalue weighted by Crippen LogP contribution is -2.34. The Balaban J connectivity index is 2.37. The van der Waals surface area contributed by atoms with E-state index in [-0.39, 0.29) is 26.4 Å². The van der Waals surface area contributed by atoms with Gasteiger partial charge in [0.2, 0.25) is 0 Å². The van der Waals surface area contributed by atoms with Crippen LogP contribution in [0.2, 0.25) is 0 Å². The summed E-state index contributed by atoms with van der Waals surface area (Å²) in [5.41, 5.74) is 0.213. The summed E-state index contributed by atoms with van der Waals surface area (Å²) in [5, 5.41) is 19.1. The highest BCUT2D eigenvalue weighted by atomic mass is 79.9. The van der Waals surface area contributed by atoms with Crippen LogP contribution in [0.15, 0.2) is 19.9 Å². The largest absolute Gasteiger partial charge is 0.506 e. The number of nitrogens with zero attached hydrogens (tertiary/aromatic N) is 1. The van der Waals surface area contributed by atoms with Gasteiger partial charge in [0.05, 0.1) is 16.5 Å². The van der Waals surface area contributed by atoms with Gasteiger partial charge in [-0.3, -0.25) is 19.3 Å². The van der Waals surface area contributed by atoms with Crippen molar-refractivity contribution in [1.82, 2.24) is 4.90 Å². The summed E-state index contributed by atoms with van der Waals surface area (Å²) in [5.74, 6) is -1.86. The quantitative estimate of drug-likeness (QED) is 0.521. The van der Waals surface area contributed by atoms with Crippen LogP contribution in [0.4, 0.5) is 4.79 Å². The molecular formula is C13H9Br2NO6S. The van der Waals surface area contributed by atoms with Gasteiger partial charge in [-0.25, -0.2) is 0 Å². The molecule has 122 valence electrons. The molecule has 10 heteroatoms. The molecule has 1 fully saturated rings. The van der Waals surface area contributed by atoms with Gasteiger partial charge in [0.25, 0.3) is 11.1 Å². The fourth-order valence-electron chi connectivity index (χ4n) is 1.70. The first-order chi connectivity index (χ1) is 10.8. The van der Waals surface area contributed by atoms with Gasteiger partial charge in [0, 0.05) is 5.56 Å². The summed E-state index contributed by atoms with van der Waals surface area (Å²) in [4.78, 5) is 36.0. The lowest BCUT2D eigenvalue weighted by molar-refractivity contribution is -0.143. The Labute approximate surface area is 151 Å². The Bertz CT molecular complexity index is 748. The van der Waals surface area contributed by atoms with E-state index in [0.29, 0.717) is 16.2 Å². The van der Waals surface area contributed by atoms with Gasteiger partial charge in [-0.15, -0.1) is 0 Å². The van der Waals surface area contributed by atoms with Crippen LogP contribution in [-0.4, -0.2) is 45.9 Å². The van der Waals surface area contributed by atoms with Crippen molar-refractivity contribution in [3.63, 3.8) is 0 Å². The maximum absolute atomic E-state index is 12.2. The number of thioether (sulfide) groups is 1. The number of benzene rings is 1. The van der Waals surface area contributed by atoms with Crippen LogP contribution in [0.25, 0.3) is 6.08 Å². The standard InChI is InChI=1S/C13H9Br2NO6S/c1-22-8(17)4-16-12(20)7(23-13(16)21)3-5-2-6(14)11(19)9(15)10(5)18/h2-3,18-19H,4H2,1H3/b7-3-. The van der Waals surface area contributed by atoms with E-state index >= 15 is 0 Å². The fourth-order valence-corrected chi connectivity index (χ4v) is 3.68. The van der Waals surface area contributed by atoms with Gasteiger partial charge in [-0.2, -0.15) is 0 Å². The highest BCUT2D eigenvalue weighted by Crippen LogP contribution is 2.43. The lowest BCUT2D eigenvalue weighted by atomic mass is 10.1. The van der Waals surface area contributed by atoms with Crippen LogP contribution in [0.5, 0.6) is 11.5 Å². The number of esters is 1. The lowest BCUT2D eigenvalue weighted by Gasteiger charge is -2.10. The molecule has 0 bridgehead atoms. The first-order valence-electron chi connectivity index (χ1n) is 5.98. The average molecular weight is 467 g/mol. The molecule has 0 saturated carbocycles. The average Bonchev–Trinajstić information content (AvgIpc) is 2.77. The molecule has 2 rings (SSSR count). The van der Waals surface area contributed by atoms with Gasteiger partial charge < -0.3 is 14.9 Å². The molecule has 1 aromatic carbocycles. The number of rotatable bonds is 3. The third kappa shape index (κ3) is 3.54. The third-order valence-electron chi connectivity index (χ3n) is 2.87. The Hall–Kier alpha value is -1.52. The maximum atomic E-state index is 12.2. The van der Waals surface area contributed by atoms with Crippen molar-refractivity contribution < 1.29 is 29.3 Å². The Morgan fingerprint density at radius 2 is 2.00 bits per heavy atom. The summed E-state index contributed by atoms with van der Waals surface area (Å²) in [6.45, 7) is -0.479. The monoisotopic (exact) mass is 465 g/mol. The molecular weight excluding hydrogens is 458 g/mol. The molecule has 1 saturated heterocycles. The molecule has 2 amide bonds. The molecule has 0 atom stereocenters. The normalized spacial score (nSPS) is 16.3. The smallest absolute Gasteiger partial charge is 0.325 e. The van der Waals surface area contributed by atoms with Crippen LogP contribution in [0, 0.1) is 0 Å². The summed E-state index contributed by atoms with van der Waals surface area (Å²) in [6, 6.07) is 1.39. The van der Waals surface area contributed by atoms with E-state index in [1.807, 2.05) is 0 Å². The van der Waals surface area contributed by atoms with E-state index in [2.05, 4.69) is 36.6 Å². The minimum atomic E-state index is -0.716. The van der Waals surface area contributed by atoms with E-state index in [1.54, 1.807) is 0 Å². The highest BCUT2D eigenvalue weighted by molar-refractivity contribution is 9.11. The van der Waals surface area contributed by atoms with E-state index in [9.17, 15) is 24.6 Å². The SMILES string of the molecule is COC(=O)CN1C(=O)S/C(=C\c2cc(Br)c(O)c(Br)c2O)C1=O. The van der Waals surface area contributed by atoms with Crippen molar-refractivity contribution in [2.45, 2.75) is 0 Å². The molecule has 23 heavy (non-hydrogen) atoms. The molecule has 1 aliphatic rings. The molecule has 1 heterocycles. The number of halogens is 2. The molecule has 2 N–H and O–H groups in total. The molecule has 0 aromatic heterocycles. The zero-order chi connectivity index (χ0) is 17.3. The number of methoxy groups -OCH3 is 1. The molecule has 0 aliphatic carbocycles. The van der Waals surface area contributed by atoms with E-state index < -0.39 is 23.7 Å². The van der Waals surface area contributed by atoms with E-state index in [1.165, 1.54) is 12.1 Å². The first-order valence-corrected chi connectivity index (χ1v) is 8.38. The molecule has 1 aromatic rings. The number of amides is 2. The summed E-state index contributed by atoms with van der Waals surface area (Å²) < 4.78 is 4.77. The topological polar surface area (TPSA) is 104 Å². The van der Waals surface area contributed by atoms with Crippen molar-refractivity contribution in [2.75, 3.05) is 13.7 Å². The summed E-state index contributed by atoms with van der Waals surface area (Å²) in [6.07, 6.45) is 1.30. The second-order valence-corrected chi connectivity index (χ2v) is 6.94. The number of imide groups is 1. The van der Waals surface area contributed by atoms with Gasteiger partial charge in [0.15, 0.2) is 0 Å². The predicted octanol–water partition coefficient (Wildman–Crippen LogP) is 2.83. The predicted molar refractivity (Wildman–Crippen MR) is 89.9 cm³/mol. The Kier molecular flexibility index (Phi) is 5.37. The molecule has 0 radical (unpaired) electrons. The van der Waals surface area contributed by atoms with Gasteiger partial charge >= 0.3 is 5.97 Å². The van der Waals surface area contributed by atoms with E-state index in [0.717, 1.165) is 12.0 Å². The third-order valence-corrected chi connectivity index (χ3v) is 5.14. The maximum Gasteiger partial charge on any atom is 0.325 e. The van der Waals surface area contributed by atoms with Crippen LogP contribution in [0.1, 0.15) is 5.56 Å². The van der Waals surface area contributed by atoms with Gasteiger partial charge in [-0.05, 0) is 55.8 Å². The molecule has 1 aliphatic heterocycles. The molecule has 0 spiro atoms. The number of hydrogen-bond acceptors (Lipinski definition) is 7. The van der Waals surface area contributed by atoms with Crippen molar-refractivity contribution >= 4 is 66.8 Å². The second-order valence-electron chi connectivity index (χ2n) is 4.30. The fraction of sp³-hybridized carbons (Fsp3) is 0.154. The van der Waals surface area contributed by atoms with Crippen LogP contribution in [0.3, 0.4) is 0 Å².